The summed E-state index contributed by atoms with van der Waals surface area (Å²) < 4.78 is 10.6. The van der Waals surface area contributed by atoms with Crippen LogP contribution in [0.1, 0.15) is 18.1 Å². The van der Waals surface area contributed by atoms with Gasteiger partial charge in [-0.2, -0.15) is 5.10 Å². The molecule has 0 saturated carbocycles. The highest BCUT2D eigenvalue weighted by Gasteiger charge is 2.09. The number of nitrogens with one attached hydrogen (secondary N) is 1. The predicted octanol–water partition coefficient (Wildman–Crippen LogP) is 2.31. The SMILES string of the molecule is CCOc1cccc(/C=N/NC(=O)CN(C)CCN(C)Cc2cccc(OC)c2)c1O. The van der Waals surface area contributed by atoms with Crippen LogP contribution in [-0.4, -0.2) is 74.5 Å². The Bertz CT molecular complexity index is 872. The number of nitrogens with zero attached hydrogens (tertiary/aromatic N) is 3. The van der Waals surface area contributed by atoms with E-state index in [4.69, 9.17) is 9.47 Å². The third-order valence-corrected chi connectivity index (χ3v) is 4.59. The predicted molar refractivity (Wildman–Crippen MR) is 122 cm³/mol. The molecule has 0 unspecified atom stereocenters. The topological polar surface area (TPSA) is 86.6 Å². The molecule has 0 aliphatic carbocycles. The maximum atomic E-state index is 12.1. The van der Waals surface area contributed by atoms with Crippen LogP contribution in [0.25, 0.3) is 0 Å². The summed E-state index contributed by atoms with van der Waals surface area (Å²) in [7, 11) is 5.59. The maximum absolute atomic E-state index is 12.1. The molecule has 0 radical (unpaired) electrons. The zero-order chi connectivity index (χ0) is 22.6. The number of para-hydroxylation sites is 1. The third kappa shape index (κ3) is 8.27. The second-order valence-electron chi connectivity index (χ2n) is 7.25. The number of amides is 1. The first-order valence-electron chi connectivity index (χ1n) is 10.2. The highest BCUT2D eigenvalue weighted by molar-refractivity contribution is 5.86. The molecule has 31 heavy (non-hydrogen) atoms. The lowest BCUT2D eigenvalue weighted by molar-refractivity contribution is -0.121. The number of hydrogen-bond acceptors (Lipinski definition) is 7. The minimum Gasteiger partial charge on any atom is -0.504 e. The first kappa shape index (κ1) is 24.2. The van der Waals surface area contributed by atoms with Crippen molar-refractivity contribution in [3.63, 3.8) is 0 Å². The summed E-state index contributed by atoms with van der Waals surface area (Å²) in [6.45, 7) is 4.84. The van der Waals surface area contributed by atoms with Crippen molar-refractivity contribution in [2.75, 3.05) is 47.4 Å². The van der Waals surface area contributed by atoms with E-state index in [1.165, 1.54) is 11.8 Å². The van der Waals surface area contributed by atoms with E-state index in [0.29, 0.717) is 17.9 Å². The van der Waals surface area contributed by atoms with Crippen molar-refractivity contribution in [3.8, 4) is 17.2 Å². The molecule has 0 saturated heterocycles. The van der Waals surface area contributed by atoms with Gasteiger partial charge in [0.25, 0.3) is 5.91 Å². The minimum atomic E-state index is -0.227. The fourth-order valence-electron chi connectivity index (χ4n) is 2.95. The van der Waals surface area contributed by atoms with Crippen LogP contribution in [0.4, 0.5) is 0 Å². The van der Waals surface area contributed by atoms with Crippen molar-refractivity contribution in [3.05, 3.63) is 53.6 Å². The van der Waals surface area contributed by atoms with Crippen molar-refractivity contribution in [2.45, 2.75) is 13.5 Å². The molecule has 0 atom stereocenters. The van der Waals surface area contributed by atoms with Crippen LogP contribution in [0.5, 0.6) is 17.2 Å². The summed E-state index contributed by atoms with van der Waals surface area (Å²) in [5, 5.41) is 14.1. The highest BCUT2D eigenvalue weighted by atomic mass is 16.5. The van der Waals surface area contributed by atoms with Crippen molar-refractivity contribution < 1.29 is 19.4 Å². The van der Waals surface area contributed by atoms with Gasteiger partial charge in [0.2, 0.25) is 0 Å². The number of hydrogen-bond donors (Lipinski definition) is 2. The first-order chi connectivity index (χ1) is 14.9. The lowest BCUT2D eigenvalue weighted by atomic mass is 10.2. The van der Waals surface area contributed by atoms with Gasteiger partial charge in [0.05, 0.1) is 26.5 Å². The molecule has 2 N–H and O–H groups in total. The molecular weight excluding hydrogens is 396 g/mol. The molecule has 1 amide bonds. The van der Waals surface area contributed by atoms with Crippen molar-refractivity contribution in [1.29, 1.82) is 0 Å². The van der Waals surface area contributed by atoms with Gasteiger partial charge >= 0.3 is 0 Å². The van der Waals surface area contributed by atoms with Gasteiger partial charge in [-0.05, 0) is 50.8 Å². The number of carbonyl (C=O) groups is 1. The molecule has 0 aliphatic heterocycles. The zero-order valence-electron chi connectivity index (χ0n) is 18.7. The van der Waals surface area contributed by atoms with Crippen molar-refractivity contribution in [2.24, 2.45) is 5.10 Å². The molecule has 0 heterocycles. The fourth-order valence-corrected chi connectivity index (χ4v) is 2.95. The van der Waals surface area contributed by atoms with Crippen LogP contribution in [0.15, 0.2) is 47.6 Å². The Kier molecular flexibility index (Phi) is 9.80. The van der Waals surface area contributed by atoms with E-state index in [-0.39, 0.29) is 18.2 Å². The number of carbonyl (C=O) groups excluding carboxylic acids is 1. The van der Waals surface area contributed by atoms with E-state index in [2.05, 4.69) is 21.5 Å². The molecule has 0 fully saturated rings. The lowest BCUT2D eigenvalue weighted by Crippen LogP contribution is -2.37. The maximum Gasteiger partial charge on any atom is 0.254 e. The van der Waals surface area contributed by atoms with Crippen LogP contribution < -0.4 is 14.9 Å². The summed E-state index contributed by atoms with van der Waals surface area (Å²) in [6, 6.07) is 13.1. The summed E-state index contributed by atoms with van der Waals surface area (Å²) in [4.78, 5) is 16.2. The summed E-state index contributed by atoms with van der Waals surface area (Å²) >= 11 is 0. The number of rotatable bonds is 12. The van der Waals surface area contributed by atoms with Crippen LogP contribution in [-0.2, 0) is 11.3 Å². The van der Waals surface area contributed by atoms with E-state index in [1.54, 1.807) is 25.3 Å². The van der Waals surface area contributed by atoms with Gasteiger partial charge in [0.15, 0.2) is 11.5 Å². The number of aromatic hydroxyl groups is 1. The number of hydrazone groups is 1. The highest BCUT2D eigenvalue weighted by Crippen LogP contribution is 2.28. The van der Waals surface area contributed by atoms with Gasteiger partial charge in [0.1, 0.15) is 5.75 Å². The van der Waals surface area contributed by atoms with E-state index in [0.717, 1.165) is 25.4 Å². The summed E-state index contributed by atoms with van der Waals surface area (Å²) in [5.41, 5.74) is 4.14. The molecule has 8 nitrogen and oxygen atoms in total. The van der Waals surface area contributed by atoms with Gasteiger partial charge in [-0.3, -0.25) is 9.69 Å². The average molecular weight is 429 g/mol. The normalized spacial score (nSPS) is 11.3. The van der Waals surface area contributed by atoms with Crippen LogP contribution >= 0.6 is 0 Å². The third-order valence-electron chi connectivity index (χ3n) is 4.59. The zero-order valence-corrected chi connectivity index (χ0v) is 18.7. The Morgan fingerprint density at radius 2 is 1.90 bits per heavy atom. The second kappa shape index (κ2) is 12.6. The van der Waals surface area contributed by atoms with Gasteiger partial charge < -0.3 is 19.5 Å². The van der Waals surface area contributed by atoms with E-state index < -0.39 is 0 Å². The number of ether oxygens (including phenoxy) is 2. The molecule has 0 aliphatic rings. The fraction of sp³-hybridized carbons (Fsp3) is 0.391. The van der Waals surface area contributed by atoms with Crippen molar-refractivity contribution >= 4 is 12.1 Å². The standard InChI is InChI=1S/C23H32N4O4/c1-5-31-21-11-7-9-19(23(21)29)15-24-25-22(28)17-27(3)13-12-26(2)16-18-8-6-10-20(14-18)30-4/h6-11,14-15,29H,5,12-13,16-17H2,1-4H3,(H,25,28)/b24-15+. The number of benzene rings is 2. The van der Waals surface area contributed by atoms with E-state index >= 15 is 0 Å². The molecule has 8 heteroatoms. The Labute approximate surface area is 184 Å². The van der Waals surface area contributed by atoms with Crippen molar-refractivity contribution in [1.82, 2.24) is 15.2 Å². The largest absolute Gasteiger partial charge is 0.504 e. The molecule has 0 spiro atoms. The molecular formula is C23H32N4O4. The molecule has 2 aromatic rings. The van der Waals surface area contributed by atoms with E-state index in [9.17, 15) is 9.90 Å². The number of methoxy groups -OCH3 is 1. The number of phenolic OH excluding ortho intramolecular Hbond substituents is 1. The minimum absolute atomic E-state index is 0.00135. The molecule has 0 bridgehead atoms. The number of likely N-dealkylation sites (N-methyl/N-ethyl adjacent to an activating group) is 2. The van der Waals surface area contributed by atoms with E-state index in [1.807, 2.05) is 44.1 Å². The van der Waals surface area contributed by atoms with Crippen LogP contribution in [0.3, 0.4) is 0 Å². The summed E-state index contributed by atoms with van der Waals surface area (Å²) in [6.07, 6.45) is 1.40. The second-order valence-corrected chi connectivity index (χ2v) is 7.25. The quantitative estimate of drug-likeness (QED) is 0.399. The summed E-state index contributed by atoms with van der Waals surface area (Å²) in [5.74, 6) is 1.00. The average Bonchev–Trinajstić information content (AvgIpc) is 2.75. The molecule has 2 rings (SSSR count). The Morgan fingerprint density at radius 1 is 1.16 bits per heavy atom. The lowest BCUT2D eigenvalue weighted by Gasteiger charge is -2.21. The molecule has 168 valence electrons. The Balaban J connectivity index is 1.74. The van der Waals surface area contributed by atoms with Crippen LogP contribution in [0, 0.1) is 0 Å². The van der Waals surface area contributed by atoms with Crippen LogP contribution in [0.2, 0.25) is 0 Å². The molecule has 0 aromatic heterocycles. The van der Waals surface area contributed by atoms with Gasteiger partial charge in [-0.1, -0.05) is 18.2 Å². The Morgan fingerprint density at radius 3 is 2.65 bits per heavy atom. The number of phenols is 1. The smallest absolute Gasteiger partial charge is 0.254 e. The van der Waals surface area contributed by atoms with Gasteiger partial charge in [-0.15, -0.1) is 0 Å². The Hall–Kier alpha value is -3.10. The van der Waals surface area contributed by atoms with Gasteiger partial charge in [-0.25, -0.2) is 5.43 Å². The first-order valence-corrected chi connectivity index (χ1v) is 10.2. The monoisotopic (exact) mass is 428 g/mol. The van der Waals surface area contributed by atoms with Gasteiger partial charge in [0, 0.05) is 25.2 Å². The molecule has 2 aromatic carbocycles.